The third kappa shape index (κ3) is 2.50. The van der Waals surface area contributed by atoms with Crippen LogP contribution in [0.4, 0.5) is 0 Å². The van der Waals surface area contributed by atoms with E-state index in [9.17, 15) is 0 Å². The molecule has 0 amide bonds. The van der Waals surface area contributed by atoms with Gasteiger partial charge in [-0.25, -0.2) is 0 Å². The van der Waals surface area contributed by atoms with Crippen molar-refractivity contribution in [1.82, 2.24) is 0 Å². The van der Waals surface area contributed by atoms with Crippen LogP contribution in [0.5, 0.6) is 0 Å². The summed E-state index contributed by atoms with van der Waals surface area (Å²) in [5, 5.41) is 0. The quantitative estimate of drug-likeness (QED) is 0.498. The minimum atomic E-state index is 0.584. The van der Waals surface area contributed by atoms with Gasteiger partial charge in [0.1, 0.15) is 0 Å². The Bertz CT molecular complexity index is 155. The smallest absolute Gasteiger partial charge is 0.0968 e. The van der Waals surface area contributed by atoms with Gasteiger partial charge in [-0.15, -0.1) is 0 Å². The van der Waals surface area contributed by atoms with Crippen molar-refractivity contribution in [3.05, 3.63) is 0 Å². The molecule has 70 valence electrons. The first kappa shape index (κ1) is 9.56. The van der Waals surface area contributed by atoms with Crippen molar-refractivity contribution in [2.24, 2.45) is 22.6 Å². The molecular weight excluding hydrogens is 148 g/mol. The minimum Gasteiger partial charge on any atom is -0.387 e. The van der Waals surface area contributed by atoms with E-state index in [1.807, 2.05) is 6.92 Å². The zero-order valence-electron chi connectivity index (χ0n) is 8.21. The molecule has 2 N–H and O–H groups in total. The lowest BCUT2D eigenvalue weighted by Crippen LogP contribution is -2.27. The lowest BCUT2D eigenvalue weighted by Gasteiger charge is -2.25. The summed E-state index contributed by atoms with van der Waals surface area (Å²) in [6.07, 6.45) is 5.14. The molecule has 1 rings (SSSR count). The number of nitrogens with zero attached hydrogens (tertiary/aromatic N) is 1. The molecular formula is C10H20N2. The molecule has 0 aromatic carbocycles. The zero-order chi connectivity index (χ0) is 8.97. The second kappa shape index (κ2) is 4.48. The maximum absolute atomic E-state index is 5.85. The number of hydrogen-bond donors (Lipinski definition) is 1. The molecule has 0 unspecified atom stereocenters. The second-order valence-electron chi connectivity index (χ2n) is 3.86. The van der Waals surface area contributed by atoms with Crippen LogP contribution in [-0.4, -0.2) is 12.4 Å². The van der Waals surface area contributed by atoms with E-state index in [4.69, 9.17) is 5.73 Å². The minimum absolute atomic E-state index is 0.584. The van der Waals surface area contributed by atoms with Crippen LogP contribution in [0.15, 0.2) is 4.99 Å². The molecule has 12 heavy (non-hydrogen) atoms. The van der Waals surface area contributed by atoms with Crippen LogP contribution in [-0.2, 0) is 0 Å². The van der Waals surface area contributed by atoms with Gasteiger partial charge in [-0.05, 0) is 25.7 Å². The molecule has 1 saturated carbocycles. The van der Waals surface area contributed by atoms with Crippen LogP contribution in [0.25, 0.3) is 0 Å². The maximum atomic E-state index is 5.85. The first-order valence-corrected chi connectivity index (χ1v) is 5.03. The van der Waals surface area contributed by atoms with Crippen molar-refractivity contribution >= 4 is 5.84 Å². The normalized spacial score (nSPS) is 32.0. The first-order valence-electron chi connectivity index (χ1n) is 5.03. The summed E-state index contributed by atoms with van der Waals surface area (Å²) < 4.78 is 0. The van der Waals surface area contributed by atoms with E-state index in [1.54, 1.807) is 0 Å². The highest BCUT2D eigenvalue weighted by Crippen LogP contribution is 2.28. The highest BCUT2D eigenvalue weighted by Gasteiger charge is 2.20. The van der Waals surface area contributed by atoms with E-state index in [0.717, 1.165) is 18.3 Å². The highest BCUT2D eigenvalue weighted by molar-refractivity contribution is 5.82. The van der Waals surface area contributed by atoms with Crippen molar-refractivity contribution < 1.29 is 0 Å². The SMILES string of the molecule is CCN=C(N)C1CCC(C)CC1. The maximum Gasteiger partial charge on any atom is 0.0968 e. The Morgan fingerprint density at radius 1 is 1.33 bits per heavy atom. The van der Waals surface area contributed by atoms with Crippen LogP contribution in [0, 0.1) is 11.8 Å². The number of amidine groups is 1. The molecule has 0 aromatic rings. The predicted octanol–water partition coefficient (Wildman–Crippen LogP) is 2.19. The monoisotopic (exact) mass is 168 g/mol. The van der Waals surface area contributed by atoms with E-state index in [0.29, 0.717) is 5.92 Å². The van der Waals surface area contributed by atoms with Gasteiger partial charge in [-0.1, -0.05) is 19.8 Å². The zero-order valence-corrected chi connectivity index (χ0v) is 8.21. The Balaban J connectivity index is 2.39. The molecule has 0 spiro atoms. The average Bonchev–Trinajstić information content (AvgIpc) is 2.06. The summed E-state index contributed by atoms with van der Waals surface area (Å²) in [5.41, 5.74) is 5.85. The molecule has 2 heteroatoms. The number of aliphatic imine (C=N–C) groups is 1. The summed E-state index contributed by atoms with van der Waals surface area (Å²) in [7, 11) is 0. The molecule has 0 bridgehead atoms. The fraction of sp³-hybridized carbons (Fsp3) is 0.900. The van der Waals surface area contributed by atoms with Gasteiger partial charge >= 0.3 is 0 Å². The van der Waals surface area contributed by atoms with Gasteiger partial charge in [0.25, 0.3) is 0 Å². The van der Waals surface area contributed by atoms with Gasteiger partial charge in [0.15, 0.2) is 0 Å². The van der Waals surface area contributed by atoms with Crippen molar-refractivity contribution in [3.8, 4) is 0 Å². The van der Waals surface area contributed by atoms with E-state index in [1.165, 1.54) is 25.7 Å². The van der Waals surface area contributed by atoms with Crippen LogP contribution in [0.3, 0.4) is 0 Å². The summed E-state index contributed by atoms with van der Waals surface area (Å²) in [6.45, 7) is 5.19. The summed E-state index contributed by atoms with van der Waals surface area (Å²) in [6, 6.07) is 0. The van der Waals surface area contributed by atoms with Crippen LogP contribution >= 0.6 is 0 Å². The van der Waals surface area contributed by atoms with Gasteiger partial charge < -0.3 is 5.73 Å². The molecule has 0 aliphatic heterocycles. The highest BCUT2D eigenvalue weighted by atomic mass is 14.9. The fourth-order valence-electron chi connectivity index (χ4n) is 1.87. The molecule has 2 nitrogen and oxygen atoms in total. The summed E-state index contributed by atoms with van der Waals surface area (Å²) in [5.74, 6) is 2.38. The molecule has 0 radical (unpaired) electrons. The topological polar surface area (TPSA) is 38.4 Å². The second-order valence-corrected chi connectivity index (χ2v) is 3.86. The Morgan fingerprint density at radius 2 is 1.92 bits per heavy atom. The molecule has 0 atom stereocenters. The Labute approximate surface area is 75.3 Å². The van der Waals surface area contributed by atoms with Crippen LogP contribution < -0.4 is 5.73 Å². The van der Waals surface area contributed by atoms with Crippen molar-refractivity contribution in [3.63, 3.8) is 0 Å². The molecule has 1 aliphatic carbocycles. The van der Waals surface area contributed by atoms with E-state index in [2.05, 4.69) is 11.9 Å². The Kier molecular flexibility index (Phi) is 3.57. The fourth-order valence-corrected chi connectivity index (χ4v) is 1.87. The predicted molar refractivity (Wildman–Crippen MR) is 53.3 cm³/mol. The van der Waals surface area contributed by atoms with Crippen LogP contribution in [0.1, 0.15) is 39.5 Å². The summed E-state index contributed by atoms with van der Waals surface area (Å²) in [4.78, 5) is 4.27. The lowest BCUT2D eigenvalue weighted by molar-refractivity contribution is 0.342. The molecule has 1 fully saturated rings. The number of hydrogen-bond acceptors (Lipinski definition) is 1. The number of nitrogens with two attached hydrogens (primary N) is 1. The Hall–Kier alpha value is -0.530. The lowest BCUT2D eigenvalue weighted by atomic mass is 9.82. The van der Waals surface area contributed by atoms with Gasteiger partial charge in [-0.3, -0.25) is 4.99 Å². The molecule has 1 aliphatic rings. The largest absolute Gasteiger partial charge is 0.387 e. The van der Waals surface area contributed by atoms with E-state index in [-0.39, 0.29) is 0 Å². The van der Waals surface area contributed by atoms with Crippen molar-refractivity contribution in [2.45, 2.75) is 39.5 Å². The van der Waals surface area contributed by atoms with Gasteiger partial charge in [-0.2, -0.15) is 0 Å². The Morgan fingerprint density at radius 3 is 2.42 bits per heavy atom. The average molecular weight is 168 g/mol. The molecule has 0 heterocycles. The molecule has 0 aromatic heterocycles. The van der Waals surface area contributed by atoms with Gasteiger partial charge in [0, 0.05) is 12.5 Å². The van der Waals surface area contributed by atoms with Crippen LogP contribution in [0.2, 0.25) is 0 Å². The van der Waals surface area contributed by atoms with E-state index >= 15 is 0 Å². The third-order valence-electron chi connectivity index (χ3n) is 2.77. The standard InChI is InChI=1S/C10H20N2/c1-3-12-10(11)9-6-4-8(2)5-7-9/h8-9H,3-7H2,1-2H3,(H2,11,12). The van der Waals surface area contributed by atoms with Gasteiger partial charge in [0.05, 0.1) is 5.84 Å². The first-order chi connectivity index (χ1) is 5.74. The third-order valence-corrected chi connectivity index (χ3v) is 2.77. The van der Waals surface area contributed by atoms with Crippen molar-refractivity contribution in [2.75, 3.05) is 6.54 Å². The van der Waals surface area contributed by atoms with Gasteiger partial charge in [0.2, 0.25) is 0 Å². The van der Waals surface area contributed by atoms with Crippen molar-refractivity contribution in [1.29, 1.82) is 0 Å². The van der Waals surface area contributed by atoms with E-state index < -0.39 is 0 Å². The summed E-state index contributed by atoms with van der Waals surface area (Å²) >= 11 is 0. The molecule has 0 saturated heterocycles. The number of rotatable bonds is 2.